The summed E-state index contributed by atoms with van der Waals surface area (Å²) in [5, 5.41) is 0. The first-order chi connectivity index (χ1) is 6.86. The lowest BCUT2D eigenvalue weighted by Crippen LogP contribution is -2.16. The minimum absolute atomic E-state index is 0.202. The van der Waals surface area contributed by atoms with Crippen molar-refractivity contribution in [2.45, 2.75) is 59.3 Å². The van der Waals surface area contributed by atoms with Crippen LogP contribution in [0.2, 0.25) is 0 Å². The fourth-order valence-electron chi connectivity index (χ4n) is 1.79. The molecule has 0 N–H and O–H groups in total. The molecule has 0 radical (unpaired) electrons. The van der Waals surface area contributed by atoms with Crippen molar-refractivity contribution in [2.75, 3.05) is 0 Å². The van der Waals surface area contributed by atoms with Crippen LogP contribution in [0.25, 0.3) is 0 Å². The molecule has 84 valence electrons. The molecule has 0 aliphatic heterocycles. The monoisotopic (exact) mass is 205 g/mol. The third kappa shape index (κ3) is 2.80. The van der Waals surface area contributed by atoms with Crippen LogP contribution in [-0.2, 0) is 11.8 Å². The van der Waals surface area contributed by atoms with Crippen molar-refractivity contribution in [2.24, 2.45) is 0 Å². The predicted molar refractivity (Wildman–Crippen MR) is 66.4 cm³/mol. The van der Waals surface area contributed by atoms with Crippen LogP contribution in [0.4, 0.5) is 0 Å². The second-order valence-electron chi connectivity index (χ2n) is 5.49. The van der Waals surface area contributed by atoms with Gasteiger partial charge in [0, 0.05) is 11.4 Å². The summed E-state index contributed by atoms with van der Waals surface area (Å²) in [6.07, 6.45) is 1.02. The van der Waals surface area contributed by atoms with Gasteiger partial charge in [-0.05, 0) is 29.4 Å². The molecule has 15 heavy (non-hydrogen) atoms. The Morgan fingerprint density at radius 1 is 1.20 bits per heavy atom. The molecule has 1 nitrogen and oxygen atoms in total. The van der Waals surface area contributed by atoms with E-state index in [1.165, 1.54) is 17.0 Å². The molecule has 0 fully saturated rings. The maximum absolute atomic E-state index is 4.76. The Morgan fingerprint density at radius 3 is 2.20 bits per heavy atom. The molecule has 0 atom stereocenters. The zero-order valence-corrected chi connectivity index (χ0v) is 10.9. The summed E-state index contributed by atoms with van der Waals surface area (Å²) >= 11 is 0. The summed E-state index contributed by atoms with van der Waals surface area (Å²) in [6.45, 7) is 13.3. The van der Waals surface area contributed by atoms with Crippen molar-refractivity contribution in [1.82, 2.24) is 4.98 Å². The number of rotatable bonds is 2. The van der Waals surface area contributed by atoms with Crippen LogP contribution in [0.5, 0.6) is 0 Å². The van der Waals surface area contributed by atoms with Gasteiger partial charge in [0.25, 0.3) is 0 Å². The molecular weight excluding hydrogens is 182 g/mol. The van der Waals surface area contributed by atoms with E-state index < -0.39 is 0 Å². The van der Waals surface area contributed by atoms with E-state index in [4.69, 9.17) is 4.98 Å². The Kier molecular flexibility index (Phi) is 3.54. The van der Waals surface area contributed by atoms with Gasteiger partial charge in [0.2, 0.25) is 0 Å². The summed E-state index contributed by atoms with van der Waals surface area (Å²) in [5.41, 5.74) is 4.05. The van der Waals surface area contributed by atoms with E-state index in [2.05, 4.69) is 53.7 Å². The fraction of sp³-hybridized carbons (Fsp3) is 0.643. The summed E-state index contributed by atoms with van der Waals surface area (Å²) < 4.78 is 0. The molecule has 0 aliphatic carbocycles. The van der Waals surface area contributed by atoms with E-state index in [9.17, 15) is 0 Å². The van der Waals surface area contributed by atoms with Crippen LogP contribution < -0.4 is 0 Å². The maximum Gasteiger partial charge on any atom is 0.0441 e. The van der Waals surface area contributed by atoms with E-state index in [0.29, 0.717) is 5.92 Å². The van der Waals surface area contributed by atoms with E-state index >= 15 is 0 Å². The molecule has 1 aromatic rings. The van der Waals surface area contributed by atoms with E-state index in [1.54, 1.807) is 0 Å². The van der Waals surface area contributed by atoms with Gasteiger partial charge in [-0.25, -0.2) is 0 Å². The summed E-state index contributed by atoms with van der Waals surface area (Å²) in [6, 6.07) is 4.42. The highest BCUT2D eigenvalue weighted by Crippen LogP contribution is 2.26. The van der Waals surface area contributed by atoms with Crippen LogP contribution in [-0.4, -0.2) is 4.98 Å². The Balaban J connectivity index is 3.21. The Bertz CT molecular complexity index is 332. The molecule has 1 aromatic heterocycles. The standard InChI is InChI=1S/C14H23N/c1-7-12-11(14(4,5)6)8-9-13(15-12)10(2)3/h8-10H,7H2,1-6H3. The lowest BCUT2D eigenvalue weighted by atomic mass is 9.85. The average molecular weight is 205 g/mol. The predicted octanol–water partition coefficient (Wildman–Crippen LogP) is 4.06. The van der Waals surface area contributed by atoms with E-state index in [-0.39, 0.29) is 5.41 Å². The van der Waals surface area contributed by atoms with Crippen LogP contribution in [0.1, 0.15) is 64.4 Å². The number of aromatic nitrogens is 1. The number of nitrogens with zero attached hydrogens (tertiary/aromatic N) is 1. The van der Waals surface area contributed by atoms with E-state index in [1.807, 2.05) is 0 Å². The molecule has 0 saturated heterocycles. The molecule has 0 bridgehead atoms. The molecule has 0 spiro atoms. The quantitative estimate of drug-likeness (QED) is 0.709. The van der Waals surface area contributed by atoms with Crippen LogP contribution in [0, 0.1) is 0 Å². The lowest BCUT2D eigenvalue weighted by Gasteiger charge is -2.22. The number of pyridine rings is 1. The van der Waals surface area contributed by atoms with Gasteiger partial charge in [-0.2, -0.15) is 0 Å². The van der Waals surface area contributed by atoms with Gasteiger partial charge < -0.3 is 0 Å². The smallest absolute Gasteiger partial charge is 0.0441 e. The van der Waals surface area contributed by atoms with Gasteiger partial charge in [-0.3, -0.25) is 4.98 Å². The van der Waals surface area contributed by atoms with Crippen molar-refractivity contribution in [1.29, 1.82) is 0 Å². The first-order valence-corrected chi connectivity index (χ1v) is 5.86. The van der Waals surface area contributed by atoms with Gasteiger partial charge in [0.05, 0.1) is 0 Å². The molecule has 0 aliphatic rings. The fourth-order valence-corrected chi connectivity index (χ4v) is 1.79. The average Bonchev–Trinajstić information content (AvgIpc) is 2.15. The van der Waals surface area contributed by atoms with Crippen molar-refractivity contribution >= 4 is 0 Å². The summed E-state index contributed by atoms with van der Waals surface area (Å²) in [7, 11) is 0. The Hall–Kier alpha value is -0.850. The lowest BCUT2D eigenvalue weighted by molar-refractivity contribution is 0.576. The van der Waals surface area contributed by atoms with Crippen LogP contribution >= 0.6 is 0 Å². The first kappa shape index (κ1) is 12.2. The first-order valence-electron chi connectivity index (χ1n) is 5.86. The SMILES string of the molecule is CCc1nc(C(C)C)ccc1C(C)(C)C. The number of aryl methyl sites for hydroxylation is 1. The maximum atomic E-state index is 4.76. The molecule has 1 rings (SSSR count). The van der Waals surface area contributed by atoms with Crippen LogP contribution in [0.3, 0.4) is 0 Å². The Morgan fingerprint density at radius 2 is 1.80 bits per heavy atom. The second-order valence-corrected chi connectivity index (χ2v) is 5.49. The van der Waals surface area contributed by atoms with Gasteiger partial charge in [0.15, 0.2) is 0 Å². The third-order valence-electron chi connectivity index (χ3n) is 2.73. The molecule has 0 aromatic carbocycles. The van der Waals surface area contributed by atoms with Crippen molar-refractivity contribution < 1.29 is 0 Å². The highest BCUT2D eigenvalue weighted by atomic mass is 14.7. The zero-order valence-electron chi connectivity index (χ0n) is 10.9. The van der Waals surface area contributed by atoms with Crippen molar-refractivity contribution in [3.63, 3.8) is 0 Å². The summed E-state index contributed by atoms with van der Waals surface area (Å²) in [4.78, 5) is 4.76. The highest BCUT2D eigenvalue weighted by molar-refractivity contribution is 5.30. The van der Waals surface area contributed by atoms with Gasteiger partial charge >= 0.3 is 0 Å². The van der Waals surface area contributed by atoms with Crippen molar-refractivity contribution in [3.8, 4) is 0 Å². The van der Waals surface area contributed by atoms with E-state index in [0.717, 1.165) is 6.42 Å². The van der Waals surface area contributed by atoms with Gasteiger partial charge in [-0.15, -0.1) is 0 Å². The summed E-state index contributed by atoms with van der Waals surface area (Å²) in [5.74, 6) is 0.518. The van der Waals surface area contributed by atoms with Gasteiger partial charge in [-0.1, -0.05) is 47.6 Å². The largest absolute Gasteiger partial charge is 0.257 e. The number of hydrogen-bond acceptors (Lipinski definition) is 1. The normalized spacial score (nSPS) is 12.2. The topological polar surface area (TPSA) is 12.9 Å². The highest BCUT2D eigenvalue weighted by Gasteiger charge is 2.18. The second kappa shape index (κ2) is 4.34. The number of hydrogen-bond donors (Lipinski definition) is 0. The van der Waals surface area contributed by atoms with Crippen LogP contribution in [0.15, 0.2) is 12.1 Å². The molecule has 0 unspecified atom stereocenters. The molecular formula is C14H23N. The van der Waals surface area contributed by atoms with Gasteiger partial charge in [0.1, 0.15) is 0 Å². The molecule has 1 heteroatoms. The molecule has 0 saturated carbocycles. The molecule has 1 heterocycles. The zero-order chi connectivity index (χ0) is 11.6. The van der Waals surface area contributed by atoms with Crippen molar-refractivity contribution in [3.05, 3.63) is 29.1 Å². The minimum Gasteiger partial charge on any atom is -0.257 e. The third-order valence-corrected chi connectivity index (χ3v) is 2.73. The minimum atomic E-state index is 0.202. The molecule has 0 amide bonds. The Labute approximate surface area is 93.9 Å².